The van der Waals surface area contributed by atoms with Crippen LogP contribution in [0.5, 0.6) is 0 Å². The van der Waals surface area contributed by atoms with E-state index in [1.165, 1.54) is 6.07 Å². The highest BCUT2D eigenvalue weighted by molar-refractivity contribution is 6.00. The van der Waals surface area contributed by atoms with Crippen molar-refractivity contribution in [1.82, 2.24) is 20.0 Å². The fourth-order valence-electron chi connectivity index (χ4n) is 4.24. The Morgan fingerprint density at radius 3 is 2.63 bits per heavy atom. The molecule has 2 amide bonds. The van der Waals surface area contributed by atoms with Gasteiger partial charge in [0.25, 0.3) is 5.91 Å². The summed E-state index contributed by atoms with van der Waals surface area (Å²) in [6.45, 7) is 6.75. The summed E-state index contributed by atoms with van der Waals surface area (Å²) >= 11 is 0. The molecule has 3 heterocycles. The molecule has 8 heteroatoms. The van der Waals surface area contributed by atoms with E-state index in [1.54, 1.807) is 41.1 Å². The molecule has 2 fully saturated rings. The Labute approximate surface area is 175 Å². The maximum absolute atomic E-state index is 13.7. The average molecular weight is 411 g/mol. The predicted octanol–water partition coefficient (Wildman–Crippen LogP) is 2.15. The van der Waals surface area contributed by atoms with Gasteiger partial charge in [-0.1, -0.05) is 19.1 Å². The minimum atomic E-state index is -0.946. The number of rotatable bonds is 5. The molecule has 1 aromatic heterocycles. The van der Waals surface area contributed by atoms with Crippen LogP contribution in [0.25, 0.3) is 0 Å². The maximum Gasteiger partial charge on any atom is 0.252 e. The zero-order chi connectivity index (χ0) is 21.5. The van der Waals surface area contributed by atoms with E-state index in [1.807, 2.05) is 24.8 Å². The number of hydrogen-bond acceptors (Lipinski definition) is 5. The largest absolute Gasteiger partial charge is 0.349 e. The van der Waals surface area contributed by atoms with Crippen molar-refractivity contribution in [3.05, 3.63) is 53.5 Å². The molecule has 2 saturated heterocycles. The fourth-order valence-corrected chi connectivity index (χ4v) is 4.24. The summed E-state index contributed by atoms with van der Waals surface area (Å²) < 4.78 is 13.7. The lowest BCUT2D eigenvalue weighted by molar-refractivity contribution is -0.170. The van der Waals surface area contributed by atoms with Gasteiger partial charge in [0, 0.05) is 18.8 Å². The Morgan fingerprint density at radius 1 is 1.23 bits per heavy atom. The van der Waals surface area contributed by atoms with Gasteiger partial charge in [0.15, 0.2) is 11.4 Å². The van der Waals surface area contributed by atoms with Crippen molar-refractivity contribution < 1.29 is 14.0 Å². The Kier molecular flexibility index (Phi) is 5.17. The monoisotopic (exact) mass is 411 g/mol. The van der Waals surface area contributed by atoms with Gasteiger partial charge in [0.05, 0.1) is 13.1 Å². The molecule has 0 bridgehead atoms. The molecule has 2 aromatic rings. The molecule has 0 aliphatic carbocycles. The number of anilines is 1. The van der Waals surface area contributed by atoms with Gasteiger partial charge in [-0.25, -0.2) is 4.39 Å². The van der Waals surface area contributed by atoms with Crippen molar-refractivity contribution >= 4 is 17.6 Å². The number of aryl methyl sites for hydroxylation is 1. The molecule has 7 nitrogen and oxygen atoms in total. The van der Waals surface area contributed by atoms with E-state index in [0.717, 1.165) is 12.0 Å². The van der Waals surface area contributed by atoms with Crippen LogP contribution in [0.4, 0.5) is 10.2 Å². The third kappa shape index (κ3) is 3.30. The Balaban J connectivity index is 1.65. The number of piperazine rings is 1. The van der Waals surface area contributed by atoms with Gasteiger partial charge in [0.2, 0.25) is 5.91 Å². The number of hydrogen-bond donors (Lipinski definition) is 0. The lowest BCUT2D eigenvalue weighted by atomic mass is 9.82. The summed E-state index contributed by atoms with van der Waals surface area (Å²) in [6, 6.07) is 8.44. The van der Waals surface area contributed by atoms with E-state index in [9.17, 15) is 14.0 Å². The minimum Gasteiger partial charge on any atom is -0.349 e. The summed E-state index contributed by atoms with van der Waals surface area (Å²) in [5.74, 6) is 0.280. The molecule has 1 spiro atoms. The van der Waals surface area contributed by atoms with E-state index < -0.39 is 5.54 Å². The standard InChI is InChI=1S/C22H26FN5O2/c1-4-16(3)27-12-20(29)28(11-17-7-8-18(23)15(2)10-17)22(21(27)30)13-26(14-22)19-6-5-9-24-25-19/h5-10,16H,4,11-14H2,1-3H3/t16-/m0/s1. The first kappa shape index (κ1) is 20.3. The van der Waals surface area contributed by atoms with Crippen LogP contribution >= 0.6 is 0 Å². The number of nitrogens with zero attached hydrogens (tertiary/aromatic N) is 5. The van der Waals surface area contributed by atoms with Crippen LogP contribution in [0, 0.1) is 12.7 Å². The normalized spacial score (nSPS) is 19.3. The van der Waals surface area contributed by atoms with Crippen LogP contribution in [0.2, 0.25) is 0 Å². The highest BCUT2D eigenvalue weighted by Gasteiger charge is 2.60. The van der Waals surface area contributed by atoms with Crippen molar-refractivity contribution in [2.75, 3.05) is 24.5 Å². The summed E-state index contributed by atoms with van der Waals surface area (Å²) in [4.78, 5) is 32.1. The van der Waals surface area contributed by atoms with E-state index in [4.69, 9.17) is 0 Å². The number of carbonyl (C=O) groups excluding carboxylic acids is 2. The van der Waals surface area contributed by atoms with Crippen LogP contribution in [0.15, 0.2) is 36.5 Å². The zero-order valence-electron chi connectivity index (χ0n) is 17.5. The Morgan fingerprint density at radius 2 is 2.00 bits per heavy atom. The molecule has 0 N–H and O–H groups in total. The van der Waals surface area contributed by atoms with Crippen molar-refractivity contribution in [2.45, 2.75) is 45.3 Å². The van der Waals surface area contributed by atoms with E-state index in [-0.39, 0.29) is 36.8 Å². The fraction of sp³-hybridized carbons (Fsp3) is 0.455. The van der Waals surface area contributed by atoms with Crippen molar-refractivity contribution in [1.29, 1.82) is 0 Å². The van der Waals surface area contributed by atoms with E-state index in [0.29, 0.717) is 24.5 Å². The number of amides is 2. The third-order valence-electron chi connectivity index (χ3n) is 6.26. The van der Waals surface area contributed by atoms with Gasteiger partial charge < -0.3 is 14.7 Å². The zero-order valence-corrected chi connectivity index (χ0v) is 17.5. The molecule has 2 aliphatic rings. The van der Waals surface area contributed by atoms with Crippen LogP contribution < -0.4 is 4.90 Å². The van der Waals surface area contributed by atoms with Gasteiger partial charge in [-0.3, -0.25) is 9.59 Å². The molecular formula is C22H26FN5O2. The first-order valence-corrected chi connectivity index (χ1v) is 10.2. The minimum absolute atomic E-state index is 0.0147. The maximum atomic E-state index is 13.7. The molecule has 4 rings (SSSR count). The van der Waals surface area contributed by atoms with Gasteiger partial charge in [-0.15, -0.1) is 5.10 Å². The molecule has 0 radical (unpaired) electrons. The number of halogens is 1. The first-order valence-electron chi connectivity index (χ1n) is 10.2. The molecule has 0 unspecified atom stereocenters. The molecule has 2 aliphatic heterocycles. The topological polar surface area (TPSA) is 69.6 Å². The second-order valence-corrected chi connectivity index (χ2v) is 8.22. The Bertz CT molecular complexity index is 961. The first-order chi connectivity index (χ1) is 14.4. The van der Waals surface area contributed by atoms with Crippen LogP contribution in [0.1, 0.15) is 31.4 Å². The molecular weight excluding hydrogens is 385 g/mol. The summed E-state index contributed by atoms with van der Waals surface area (Å²) in [5.41, 5.74) is 0.385. The van der Waals surface area contributed by atoms with Crippen molar-refractivity contribution in [2.24, 2.45) is 0 Å². The van der Waals surface area contributed by atoms with Gasteiger partial charge >= 0.3 is 0 Å². The SMILES string of the molecule is CC[C@H](C)N1CC(=O)N(Cc2ccc(F)c(C)c2)C2(CN(c3cccnn3)C2)C1=O. The summed E-state index contributed by atoms with van der Waals surface area (Å²) in [7, 11) is 0. The quantitative estimate of drug-likeness (QED) is 0.754. The molecule has 1 atom stereocenters. The predicted molar refractivity (Wildman–Crippen MR) is 110 cm³/mol. The molecule has 1 aromatic carbocycles. The van der Waals surface area contributed by atoms with Gasteiger partial charge in [-0.05, 0) is 49.6 Å². The summed E-state index contributed by atoms with van der Waals surface area (Å²) in [6.07, 6.45) is 2.38. The Hall–Kier alpha value is -3.03. The number of aromatic nitrogens is 2. The summed E-state index contributed by atoms with van der Waals surface area (Å²) in [5, 5.41) is 8.04. The average Bonchev–Trinajstić information content (AvgIpc) is 2.72. The van der Waals surface area contributed by atoms with E-state index >= 15 is 0 Å². The van der Waals surface area contributed by atoms with Crippen LogP contribution in [-0.4, -0.2) is 63.0 Å². The smallest absolute Gasteiger partial charge is 0.252 e. The van der Waals surface area contributed by atoms with Crippen molar-refractivity contribution in [3.8, 4) is 0 Å². The second kappa shape index (κ2) is 7.66. The highest BCUT2D eigenvalue weighted by atomic mass is 19.1. The number of carbonyl (C=O) groups is 2. The molecule has 158 valence electrons. The lowest BCUT2D eigenvalue weighted by Crippen LogP contribution is -2.81. The van der Waals surface area contributed by atoms with Crippen molar-refractivity contribution in [3.63, 3.8) is 0 Å². The third-order valence-corrected chi connectivity index (χ3v) is 6.26. The van der Waals surface area contributed by atoms with E-state index in [2.05, 4.69) is 10.2 Å². The second-order valence-electron chi connectivity index (χ2n) is 8.22. The molecule has 0 saturated carbocycles. The number of benzene rings is 1. The van der Waals surface area contributed by atoms with Crippen LogP contribution in [0.3, 0.4) is 0 Å². The molecule has 30 heavy (non-hydrogen) atoms. The highest BCUT2D eigenvalue weighted by Crippen LogP contribution is 2.37. The lowest BCUT2D eigenvalue weighted by Gasteiger charge is -2.59. The van der Waals surface area contributed by atoms with Gasteiger partial charge in [0.1, 0.15) is 12.4 Å². The van der Waals surface area contributed by atoms with Crippen LogP contribution in [-0.2, 0) is 16.1 Å². The van der Waals surface area contributed by atoms with Gasteiger partial charge in [-0.2, -0.15) is 5.10 Å².